The third-order valence-electron chi connectivity index (χ3n) is 4.33. The second kappa shape index (κ2) is 5.60. The standard InChI is InChI=1S/C16H16ClNO3/c17-11-7-5-10(6-8-11)15(20)14-13(19)9-18(16(14)21)12-3-1-2-4-12/h5-8,12,14H,1-4,9H2. The summed E-state index contributed by atoms with van der Waals surface area (Å²) in [4.78, 5) is 38.6. The number of nitrogens with zero attached hydrogens (tertiary/aromatic N) is 1. The zero-order valence-electron chi connectivity index (χ0n) is 11.5. The van der Waals surface area contributed by atoms with Crippen LogP contribution in [0.3, 0.4) is 0 Å². The van der Waals surface area contributed by atoms with Crippen molar-refractivity contribution in [2.75, 3.05) is 6.54 Å². The molecule has 3 rings (SSSR count). The minimum Gasteiger partial charge on any atom is -0.331 e. The van der Waals surface area contributed by atoms with E-state index in [1.807, 2.05) is 0 Å². The fraction of sp³-hybridized carbons (Fsp3) is 0.438. The molecule has 2 fully saturated rings. The fourth-order valence-corrected chi connectivity index (χ4v) is 3.33. The lowest BCUT2D eigenvalue weighted by molar-refractivity contribution is -0.132. The van der Waals surface area contributed by atoms with Crippen LogP contribution in [0.1, 0.15) is 36.0 Å². The van der Waals surface area contributed by atoms with Crippen LogP contribution in [0.2, 0.25) is 5.02 Å². The van der Waals surface area contributed by atoms with Gasteiger partial charge in [-0.1, -0.05) is 24.4 Å². The van der Waals surface area contributed by atoms with Gasteiger partial charge in [0.1, 0.15) is 0 Å². The van der Waals surface area contributed by atoms with Crippen LogP contribution >= 0.6 is 11.6 Å². The van der Waals surface area contributed by atoms with Gasteiger partial charge in [-0.05, 0) is 37.1 Å². The van der Waals surface area contributed by atoms with Gasteiger partial charge in [-0.3, -0.25) is 14.4 Å². The van der Waals surface area contributed by atoms with Crippen molar-refractivity contribution < 1.29 is 14.4 Å². The summed E-state index contributed by atoms with van der Waals surface area (Å²) in [6.45, 7) is 0.0769. The number of Topliss-reactive ketones (excluding diaryl/α,β-unsaturated/α-hetero) is 2. The van der Waals surface area contributed by atoms with Crippen LogP contribution in [-0.2, 0) is 9.59 Å². The van der Waals surface area contributed by atoms with Crippen LogP contribution in [0, 0.1) is 5.92 Å². The molecule has 110 valence electrons. The highest BCUT2D eigenvalue weighted by atomic mass is 35.5. The van der Waals surface area contributed by atoms with Crippen molar-refractivity contribution in [3.63, 3.8) is 0 Å². The van der Waals surface area contributed by atoms with Gasteiger partial charge in [-0.2, -0.15) is 0 Å². The summed E-state index contributed by atoms with van der Waals surface area (Å²) in [6, 6.07) is 6.43. The van der Waals surface area contributed by atoms with Crippen molar-refractivity contribution in [1.82, 2.24) is 4.90 Å². The molecule has 0 spiro atoms. The number of carbonyl (C=O) groups excluding carboxylic acids is 3. The number of hydrogen-bond donors (Lipinski definition) is 0. The van der Waals surface area contributed by atoms with E-state index in [0.29, 0.717) is 10.6 Å². The summed E-state index contributed by atoms with van der Waals surface area (Å²) in [5, 5.41) is 0.517. The first-order valence-corrected chi connectivity index (χ1v) is 7.58. The molecule has 1 aromatic rings. The van der Waals surface area contributed by atoms with Gasteiger partial charge in [-0.25, -0.2) is 0 Å². The lowest BCUT2D eigenvalue weighted by atomic mass is 9.95. The number of rotatable bonds is 3. The molecule has 0 radical (unpaired) electrons. The Balaban J connectivity index is 1.81. The predicted molar refractivity (Wildman–Crippen MR) is 78.2 cm³/mol. The van der Waals surface area contributed by atoms with Crippen LogP contribution in [0.5, 0.6) is 0 Å². The normalized spacial score (nSPS) is 23.1. The van der Waals surface area contributed by atoms with Gasteiger partial charge in [0.2, 0.25) is 5.91 Å². The van der Waals surface area contributed by atoms with Crippen molar-refractivity contribution >= 4 is 29.1 Å². The third kappa shape index (κ3) is 2.60. The molecule has 0 N–H and O–H groups in total. The summed E-state index contributed by atoms with van der Waals surface area (Å²) in [5.41, 5.74) is 0.361. The van der Waals surface area contributed by atoms with E-state index in [1.165, 1.54) is 0 Å². The molecule has 1 aliphatic carbocycles. The maximum absolute atomic E-state index is 12.4. The number of carbonyl (C=O) groups is 3. The van der Waals surface area contributed by atoms with Gasteiger partial charge >= 0.3 is 0 Å². The van der Waals surface area contributed by atoms with E-state index in [-0.39, 0.29) is 24.3 Å². The van der Waals surface area contributed by atoms with Crippen LogP contribution < -0.4 is 0 Å². The van der Waals surface area contributed by atoms with Gasteiger partial charge in [0.15, 0.2) is 17.5 Å². The molecule has 4 nitrogen and oxygen atoms in total. The highest BCUT2D eigenvalue weighted by Crippen LogP contribution is 2.29. The predicted octanol–water partition coefficient (Wildman–Crippen LogP) is 2.49. The van der Waals surface area contributed by atoms with Crippen molar-refractivity contribution in [1.29, 1.82) is 0 Å². The molecule has 1 amide bonds. The number of likely N-dealkylation sites (tertiary alicyclic amines) is 1. The monoisotopic (exact) mass is 305 g/mol. The minimum absolute atomic E-state index is 0.0769. The first kappa shape index (κ1) is 14.3. The molecule has 0 aromatic heterocycles. The number of benzene rings is 1. The summed E-state index contributed by atoms with van der Waals surface area (Å²) >= 11 is 5.79. The smallest absolute Gasteiger partial charge is 0.241 e. The summed E-state index contributed by atoms with van der Waals surface area (Å²) in [5.74, 6) is -2.19. The van der Waals surface area contributed by atoms with E-state index in [4.69, 9.17) is 11.6 Å². The molecule has 5 heteroatoms. The first-order valence-electron chi connectivity index (χ1n) is 7.21. The van der Waals surface area contributed by atoms with E-state index in [0.717, 1.165) is 25.7 Å². The van der Waals surface area contributed by atoms with Crippen LogP contribution in [0.25, 0.3) is 0 Å². The van der Waals surface area contributed by atoms with Gasteiger partial charge in [-0.15, -0.1) is 0 Å². The molecule has 1 unspecified atom stereocenters. The van der Waals surface area contributed by atoms with Crippen molar-refractivity contribution in [3.05, 3.63) is 34.9 Å². The average Bonchev–Trinajstić information content (AvgIpc) is 3.07. The van der Waals surface area contributed by atoms with Gasteiger partial charge < -0.3 is 4.90 Å². The minimum atomic E-state index is -1.16. The Morgan fingerprint density at radius 2 is 1.71 bits per heavy atom. The third-order valence-corrected chi connectivity index (χ3v) is 4.59. The quantitative estimate of drug-likeness (QED) is 0.637. The molecule has 1 saturated heterocycles. The van der Waals surface area contributed by atoms with Crippen LogP contribution in [-0.4, -0.2) is 35.0 Å². The lowest BCUT2D eigenvalue weighted by Crippen LogP contribution is -2.37. The zero-order valence-corrected chi connectivity index (χ0v) is 12.3. The maximum Gasteiger partial charge on any atom is 0.241 e. The van der Waals surface area contributed by atoms with Crippen LogP contribution in [0.4, 0.5) is 0 Å². The molecular formula is C16H16ClNO3. The highest BCUT2D eigenvalue weighted by molar-refractivity contribution is 6.31. The highest BCUT2D eigenvalue weighted by Gasteiger charge is 2.46. The second-order valence-corrected chi connectivity index (χ2v) is 6.11. The molecule has 1 heterocycles. The Kier molecular flexibility index (Phi) is 3.81. The van der Waals surface area contributed by atoms with Gasteiger partial charge in [0.25, 0.3) is 0 Å². The molecule has 1 aromatic carbocycles. The molecule has 0 bridgehead atoms. The summed E-state index contributed by atoms with van der Waals surface area (Å²) in [7, 11) is 0. The van der Waals surface area contributed by atoms with E-state index in [9.17, 15) is 14.4 Å². The fourth-order valence-electron chi connectivity index (χ4n) is 3.20. The maximum atomic E-state index is 12.4. The van der Waals surface area contributed by atoms with Crippen molar-refractivity contribution in [3.8, 4) is 0 Å². The Morgan fingerprint density at radius 3 is 2.33 bits per heavy atom. The Hall–Kier alpha value is -1.68. The van der Waals surface area contributed by atoms with Crippen molar-refractivity contribution in [2.24, 2.45) is 5.92 Å². The average molecular weight is 306 g/mol. The molecule has 1 aliphatic heterocycles. The van der Waals surface area contributed by atoms with E-state index in [2.05, 4.69) is 0 Å². The Labute approximate surface area is 128 Å². The number of amides is 1. The Bertz CT molecular complexity index is 590. The van der Waals surface area contributed by atoms with Gasteiger partial charge in [0, 0.05) is 16.6 Å². The SMILES string of the molecule is O=C1CN(C2CCCC2)C(=O)C1C(=O)c1ccc(Cl)cc1. The topological polar surface area (TPSA) is 54.5 Å². The number of halogens is 1. The van der Waals surface area contributed by atoms with Gasteiger partial charge in [0.05, 0.1) is 6.54 Å². The first-order chi connectivity index (χ1) is 10.1. The molecule has 1 atom stereocenters. The second-order valence-electron chi connectivity index (χ2n) is 5.67. The Morgan fingerprint density at radius 1 is 1.10 bits per heavy atom. The van der Waals surface area contributed by atoms with E-state index in [1.54, 1.807) is 29.2 Å². The zero-order chi connectivity index (χ0) is 15.0. The molecule has 1 saturated carbocycles. The summed E-state index contributed by atoms with van der Waals surface area (Å²) in [6.07, 6.45) is 4.03. The number of ketones is 2. The molecule has 2 aliphatic rings. The number of hydrogen-bond acceptors (Lipinski definition) is 3. The lowest BCUT2D eigenvalue weighted by Gasteiger charge is -2.22. The summed E-state index contributed by atoms with van der Waals surface area (Å²) < 4.78 is 0. The molecular weight excluding hydrogens is 290 g/mol. The molecule has 21 heavy (non-hydrogen) atoms. The van der Waals surface area contributed by atoms with Crippen molar-refractivity contribution in [2.45, 2.75) is 31.7 Å². The van der Waals surface area contributed by atoms with Crippen LogP contribution in [0.15, 0.2) is 24.3 Å². The van der Waals surface area contributed by atoms with E-state index < -0.39 is 11.7 Å². The van der Waals surface area contributed by atoms with E-state index >= 15 is 0 Å². The largest absolute Gasteiger partial charge is 0.331 e.